The predicted molar refractivity (Wildman–Crippen MR) is 75.7 cm³/mol. The standard InChI is InChI=1S/C14H22N2O3/c1-4-7-16(8-9-17)14(18)15-12-10-11(2)5-6-13(12)19-3/h5-6,10,17H,4,7-9H2,1-3H3,(H,15,18). The van der Waals surface area contributed by atoms with Gasteiger partial charge in [-0.15, -0.1) is 0 Å². The quantitative estimate of drug-likeness (QED) is 0.830. The number of methoxy groups -OCH3 is 1. The molecule has 1 aromatic carbocycles. The van der Waals surface area contributed by atoms with Gasteiger partial charge in [0.25, 0.3) is 0 Å². The molecule has 0 saturated carbocycles. The number of urea groups is 1. The summed E-state index contributed by atoms with van der Waals surface area (Å²) < 4.78 is 5.22. The van der Waals surface area contributed by atoms with Crippen LogP contribution in [0.15, 0.2) is 18.2 Å². The van der Waals surface area contributed by atoms with E-state index in [4.69, 9.17) is 9.84 Å². The Balaban J connectivity index is 2.82. The summed E-state index contributed by atoms with van der Waals surface area (Å²) in [6.45, 7) is 4.84. The molecule has 1 aromatic rings. The summed E-state index contributed by atoms with van der Waals surface area (Å²) in [4.78, 5) is 13.7. The van der Waals surface area contributed by atoms with Crippen molar-refractivity contribution in [2.45, 2.75) is 20.3 Å². The average molecular weight is 266 g/mol. The maximum atomic E-state index is 12.1. The second-order valence-corrected chi connectivity index (χ2v) is 4.34. The molecule has 5 heteroatoms. The summed E-state index contributed by atoms with van der Waals surface area (Å²) in [7, 11) is 1.57. The molecule has 0 aliphatic carbocycles. The Kier molecular flexibility index (Phi) is 6.15. The number of carbonyl (C=O) groups is 1. The highest BCUT2D eigenvalue weighted by molar-refractivity contribution is 5.91. The number of aliphatic hydroxyl groups is 1. The zero-order valence-electron chi connectivity index (χ0n) is 11.8. The van der Waals surface area contributed by atoms with E-state index in [1.807, 2.05) is 32.0 Å². The van der Waals surface area contributed by atoms with Gasteiger partial charge in [0.1, 0.15) is 5.75 Å². The lowest BCUT2D eigenvalue weighted by molar-refractivity contribution is 0.188. The van der Waals surface area contributed by atoms with Gasteiger partial charge in [-0.1, -0.05) is 13.0 Å². The smallest absolute Gasteiger partial charge is 0.322 e. The molecule has 1 rings (SSSR count). The number of nitrogens with zero attached hydrogens (tertiary/aromatic N) is 1. The van der Waals surface area contributed by atoms with E-state index >= 15 is 0 Å². The fraction of sp³-hybridized carbons (Fsp3) is 0.500. The summed E-state index contributed by atoms with van der Waals surface area (Å²) in [6, 6.07) is 5.38. The van der Waals surface area contributed by atoms with E-state index in [0.717, 1.165) is 12.0 Å². The van der Waals surface area contributed by atoms with Crippen LogP contribution in [-0.4, -0.2) is 42.8 Å². The number of amides is 2. The van der Waals surface area contributed by atoms with Crippen LogP contribution in [0.3, 0.4) is 0 Å². The van der Waals surface area contributed by atoms with Crippen LogP contribution in [0.1, 0.15) is 18.9 Å². The van der Waals surface area contributed by atoms with Crippen LogP contribution in [-0.2, 0) is 0 Å². The van der Waals surface area contributed by atoms with Crippen molar-refractivity contribution in [1.82, 2.24) is 4.90 Å². The minimum atomic E-state index is -0.222. The van der Waals surface area contributed by atoms with Crippen molar-refractivity contribution >= 4 is 11.7 Å². The third-order valence-corrected chi connectivity index (χ3v) is 2.75. The van der Waals surface area contributed by atoms with Gasteiger partial charge in [0.05, 0.1) is 19.4 Å². The number of hydrogen-bond acceptors (Lipinski definition) is 3. The maximum absolute atomic E-state index is 12.1. The van der Waals surface area contributed by atoms with E-state index in [1.165, 1.54) is 0 Å². The minimum Gasteiger partial charge on any atom is -0.495 e. The number of aliphatic hydroxyl groups excluding tert-OH is 1. The molecule has 2 amide bonds. The van der Waals surface area contributed by atoms with Crippen LogP contribution < -0.4 is 10.1 Å². The van der Waals surface area contributed by atoms with Crippen LogP contribution >= 0.6 is 0 Å². The molecule has 0 aliphatic rings. The molecule has 0 spiro atoms. The summed E-state index contributed by atoms with van der Waals surface area (Å²) in [6.07, 6.45) is 0.846. The van der Waals surface area contributed by atoms with E-state index in [-0.39, 0.29) is 12.6 Å². The van der Waals surface area contributed by atoms with Gasteiger partial charge in [-0.3, -0.25) is 0 Å². The first-order valence-electron chi connectivity index (χ1n) is 6.43. The molecule has 0 saturated heterocycles. The van der Waals surface area contributed by atoms with E-state index in [9.17, 15) is 4.79 Å². The van der Waals surface area contributed by atoms with Crippen molar-refractivity contribution in [3.05, 3.63) is 23.8 Å². The number of aryl methyl sites for hydroxylation is 1. The van der Waals surface area contributed by atoms with Crippen LogP contribution in [0, 0.1) is 6.92 Å². The number of carbonyl (C=O) groups excluding carboxylic acids is 1. The van der Waals surface area contributed by atoms with Gasteiger partial charge in [-0.2, -0.15) is 0 Å². The van der Waals surface area contributed by atoms with Crippen molar-refractivity contribution in [2.24, 2.45) is 0 Å². The summed E-state index contributed by atoms with van der Waals surface area (Å²) in [5.74, 6) is 0.624. The first-order chi connectivity index (χ1) is 9.12. The monoisotopic (exact) mass is 266 g/mol. The highest BCUT2D eigenvalue weighted by atomic mass is 16.5. The SMILES string of the molecule is CCCN(CCO)C(=O)Nc1cc(C)ccc1OC. The van der Waals surface area contributed by atoms with Crippen LogP contribution in [0.4, 0.5) is 10.5 Å². The number of rotatable bonds is 6. The summed E-state index contributed by atoms with van der Waals surface area (Å²) >= 11 is 0. The van der Waals surface area contributed by atoms with Crippen molar-refractivity contribution in [2.75, 3.05) is 32.1 Å². The average Bonchev–Trinajstić information content (AvgIpc) is 2.38. The van der Waals surface area contributed by atoms with Crippen LogP contribution in [0.5, 0.6) is 5.75 Å². The summed E-state index contributed by atoms with van der Waals surface area (Å²) in [5, 5.41) is 11.8. The first kappa shape index (κ1) is 15.3. The van der Waals surface area contributed by atoms with Crippen LogP contribution in [0.2, 0.25) is 0 Å². The Morgan fingerprint density at radius 1 is 1.42 bits per heavy atom. The lowest BCUT2D eigenvalue weighted by Crippen LogP contribution is -2.37. The third kappa shape index (κ3) is 4.44. The molecule has 0 atom stereocenters. The Bertz CT molecular complexity index is 415. The van der Waals surface area contributed by atoms with Crippen molar-refractivity contribution < 1.29 is 14.6 Å². The van der Waals surface area contributed by atoms with Crippen LogP contribution in [0.25, 0.3) is 0 Å². The number of hydrogen-bond donors (Lipinski definition) is 2. The zero-order chi connectivity index (χ0) is 14.3. The number of nitrogens with one attached hydrogen (secondary N) is 1. The molecule has 0 radical (unpaired) electrons. The van der Waals surface area contributed by atoms with Gasteiger partial charge >= 0.3 is 6.03 Å². The van der Waals surface area contributed by atoms with Gasteiger partial charge in [0.15, 0.2) is 0 Å². The Morgan fingerprint density at radius 3 is 2.74 bits per heavy atom. The summed E-state index contributed by atoms with van der Waals surface area (Å²) in [5.41, 5.74) is 1.69. The number of ether oxygens (including phenoxy) is 1. The second-order valence-electron chi connectivity index (χ2n) is 4.34. The molecular weight excluding hydrogens is 244 g/mol. The Hall–Kier alpha value is -1.75. The normalized spacial score (nSPS) is 10.1. The van der Waals surface area contributed by atoms with Gasteiger partial charge in [-0.05, 0) is 31.0 Å². The molecule has 0 heterocycles. The largest absolute Gasteiger partial charge is 0.495 e. The molecule has 19 heavy (non-hydrogen) atoms. The van der Waals surface area contributed by atoms with Gasteiger partial charge < -0.3 is 20.1 Å². The van der Waals surface area contributed by atoms with Crippen molar-refractivity contribution in [3.63, 3.8) is 0 Å². The molecule has 106 valence electrons. The topological polar surface area (TPSA) is 61.8 Å². The van der Waals surface area contributed by atoms with E-state index in [0.29, 0.717) is 24.5 Å². The predicted octanol–water partition coefficient (Wildman–Crippen LogP) is 2.24. The van der Waals surface area contributed by atoms with Crippen molar-refractivity contribution in [3.8, 4) is 5.75 Å². The van der Waals surface area contributed by atoms with E-state index in [1.54, 1.807) is 12.0 Å². The van der Waals surface area contributed by atoms with E-state index < -0.39 is 0 Å². The van der Waals surface area contributed by atoms with Gasteiger partial charge in [0.2, 0.25) is 0 Å². The molecule has 0 aromatic heterocycles. The highest BCUT2D eigenvalue weighted by Gasteiger charge is 2.14. The fourth-order valence-electron chi connectivity index (χ4n) is 1.82. The lowest BCUT2D eigenvalue weighted by Gasteiger charge is -2.22. The maximum Gasteiger partial charge on any atom is 0.322 e. The fourth-order valence-corrected chi connectivity index (χ4v) is 1.82. The van der Waals surface area contributed by atoms with Gasteiger partial charge in [0, 0.05) is 13.1 Å². The lowest BCUT2D eigenvalue weighted by atomic mass is 10.2. The molecule has 0 fully saturated rings. The minimum absolute atomic E-state index is 0.0433. The zero-order valence-corrected chi connectivity index (χ0v) is 11.8. The molecular formula is C14H22N2O3. The number of anilines is 1. The van der Waals surface area contributed by atoms with Crippen molar-refractivity contribution in [1.29, 1.82) is 0 Å². The molecule has 0 aliphatic heterocycles. The molecule has 5 nitrogen and oxygen atoms in total. The number of benzene rings is 1. The second kappa shape index (κ2) is 7.63. The molecule has 0 unspecified atom stereocenters. The Morgan fingerprint density at radius 2 is 2.16 bits per heavy atom. The third-order valence-electron chi connectivity index (χ3n) is 2.75. The molecule has 0 bridgehead atoms. The highest BCUT2D eigenvalue weighted by Crippen LogP contribution is 2.25. The first-order valence-corrected chi connectivity index (χ1v) is 6.43. The Labute approximate surface area is 114 Å². The van der Waals surface area contributed by atoms with E-state index in [2.05, 4.69) is 5.32 Å². The molecule has 2 N–H and O–H groups in total. The van der Waals surface area contributed by atoms with Gasteiger partial charge in [-0.25, -0.2) is 4.79 Å².